The Kier molecular flexibility index (Phi) is 4.92. The van der Waals surface area contributed by atoms with Crippen LogP contribution in [0.3, 0.4) is 0 Å². The second kappa shape index (κ2) is 5.80. The molecule has 0 bridgehead atoms. The molecular weight excluding hydrogens is 259 g/mol. The highest BCUT2D eigenvalue weighted by Gasteiger charge is 2.17. The van der Waals surface area contributed by atoms with Crippen LogP contribution in [0.2, 0.25) is 10.0 Å². The number of nitrogen functional groups attached to an aromatic ring is 1. The first-order chi connectivity index (χ1) is 7.85. The standard InChI is InChI=1S/C12H18Cl2N2O/c1-4-17-12(2,3)7-16-11-6-9(14)8(13)5-10(11)15/h5-6,16H,4,7,15H2,1-3H3. The van der Waals surface area contributed by atoms with Crippen LogP contribution in [0.1, 0.15) is 20.8 Å². The molecule has 0 aliphatic heterocycles. The lowest BCUT2D eigenvalue weighted by Crippen LogP contribution is -2.33. The normalized spacial score (nSPS) is 11.6. The maximum absolute atomic E-state index is 5.94. The van der Waals surface area contributed by atoms with Crippen molar-refractivity contribution < 1.29 is 4.74 Å². The number of benzene rings is 1. The van der Waals surface area contributed by atoms with Crippen molar-refractivity contribution in [3.63, 3.8) is 0 Å². The Hall–Kier alpha value is -0.640. The van der Waals surface area contributed by atoms with Gasteiger partial charge in [-0.05, 0) is 32.9 Å². The molecular formula is C12H18Cl2N2O. The predicted molar refractivity (Wildman–Crippen MR) is 75.1 cm³/mol. The summed E-state index contributed by atoms with van der Waals surface area (Å²) in [6.45, 7) is 7.30. The third kappa shape index (κ3) is 4.26. The molecule has 0 aliphatic carbocycles. The van der Waals surface area contributed by atoms with Crippen LogP contribution in [0.15, 0.2) is 12.1 Å². The van der Waals surface area contributed by atoms with Crippen LogP contribution in [0, 0.1) is 0 Å². The minimum Gasteiger partial charge on any atom is -0.397 e. The molecule has 0 heterocycles. The topological polar surface area (TPSA) is 47.3 Å². The summed E-state index contributed by atoms with van der Waals surface area (Å²) < 4.78 is 5.58. The van der Waals surface area contributed by atoms with Crippen molar-refractivity contribution in [1.29, 1.82) is 0 Å². The van der Waals surface area contributed by atoms with E-state index in [-0.39, 0.29) is 5.60 Å². The Morgan fingerprint density at radius 2 is 1.88 bits per heavy atom. The molecule has 0 fully saturated rings. The van der Waals surface area contributed by atoms with Crippen LogP contribution < -0.4 is 11.1 Å². The van der Waals surface area contributed by atoms with Gasteiger partial charge in [0.2, 0.25) is 0 Å². The van der Waals surface area contributed by atoms with Crippen molar-refractivity contribution in [2.24, 2.45) is 0 Å². The number of nitrogens with one attached hydrogen (secondary N) is 1. The SMILES string of the molecule is CCOC(C)(C)CNc1cc(Cl)c(Cl)cc1N. The minimum absolute atomic E-state index is 0.257. The number of nitrogens with two attached hydrogens (primary N) is 1. The third-order valence-electron chi connectivity index (χ3n) is 2.33. The summed E-state index contributed by atoms with van der Waals surface area (Å²) >= 11 is 11.8. The summed E-state index contributed by atoms with van der Waals surface area (Å²) in [5, 5.41) is 4.15. The number of rotatable bonds is 5. The largest absolute Gasteiger partial charge is 0.397 e. The summed E-state index contributed by atoms with van der Waals surface area (Å²) in [7, 11) is 0. The molecule has 0 aromatic heterocycles. The lowest BCUT2D eigenvalue weighted by molar-refractivity contribution is 0.000710. The van der Waals surface area contributed by atoms with Gasteiger partial charge < -0.3 is 15.8 Å². The molecule has 96 valence electrons. The lowest BCUT2D eigenvalue weighted by atomic mass is 10.1. The van der Waals surface area contributed by atoms with Gasteiger partial charge in [-0.15, -0.1) is 0 Å². The zero-order chi connectivity index (χ0) is 13.1. The van der Waals surface area contributed by atoms with Crippen molar-refractivity contribution in [1.82, 2.24) is 0 Å². The van der Waals surface area contributed by atoms with Gasteiger partial charge in [0.25, 0.3) is 0 Å². The van der Waals surface area contributed by atoms with Crippen molar-refractivity contribution >= 4 is 34.6 Å². The van der Waals surface area contributed by atoms with Crippen LogP contribution in [0.5, 0.6) is 0 Å². The number of halogens is 2. The van der Waals surface area contributed by atoms with Crippen LogP contribution in [-0.4, -0.2) is 18.8 Å². The zero-order valence-electron chi connectivity index (χ0n) is 10.3. The second-order valence-corrected chi connectivity index (χ2v) is 5.21. The molecule has 0 unspecified atom stereocenters. The molecule has 0 atom stereocenters. The third-order valence-corrected chi connectivity index (χ3v) is 3.05. The van der Waals surface area contributed by atoms with E-state index in [1.54, 1.807) is 12.1 Å². The van der Waals surface area contributed by atoms with Crippen molar-refractivity contribution in [2.75, 3.05) is 24.2 Å². The van der Waals surface area contributed by atoms with Crippen molar-refractivity contribution in [3.05, 3.63) is 22.2 Å². The van der Waals surface area contributed by atoms with E-state index in [1.807, 2.05) is 20.8 Å². The Morgan fingerprint density at radius 1 is 1.29 bits per heavy atom. The first-order valence-corrected chi connectivity index (χ1v) is 6.23. The fourth-order valence-electron chi connectivity index (χ4n) is 1.47. The van der Waals surface area contributed by atoms with E-state index >= 15 is 0 Å². The van der Waals surface area contributed by atoms with E-state index < -0.39 is 0 Å². The number of ether oxygens (including phenoxy) is 1. The van der Waals surface area contributed by atoms with E-state index in [1.165, 1.54) is 0 Å². The van der Waals surface area contributed by atoms with E-state index in [0.29, 0.717) is 28.9 Å². The van der Waals surface area contributed by atoms with E-state index in [9.17, 15) is 0 Å². The zero-order valence-corrected chi connectivity index (χ0v) is 11.8. The Morgan fingerprint density at radius 3 is 2.47 bits per heavy atom. The smallest absolute Gasteiger partial charge is 0.0797 e. The summed E-state index contributed by atoms with van der Waals surface area (Å²) in [5.74, 6) is 0. The molecule has 0 spiro atoms. The van der Waals surface area contributed by atoms with Gasteiger partial charge in [-0.1, -0.05) is 23.2 Å². The quantitative estimate of drug-likeness (QED) is 0.805. The minimum atomic E-state index is -0.257. The fraction of sp³-hybridized carbons (Fsp3) is 0.500. The van der Waals surface area contributed by atoms with Crippen molar-refractivity contribution in [3.8, 4) is 0 Å². The molecule has 0 saturated carbocycles. The molecule has 5 heteroatoms. The van der Waals surface area contributed by atoms with E-state index in [0.717, 1.165) is 5.69 Å². The molecule has 3 N–H and O–H groups in total. The van der Waals surface area contributed by atoms with Gasteiger partial charge in [-0.3, -0.25) is 0 Å². The molecule has 0 amide bonds. The molecule has 3 nitrogen and oxygen atoms in total. The van der Waals surface area contributed by atoms with Gasteiger partial charge in [0.15, 0.2) is 0 Å². The van der Waals surface area contributed by atoms with Crippen molar-refractivity contribution in [2.45, 2.75) is 26.4 Å². The van der Waals surface area contributed by atoms with Gasteiger partial charge in [0, 0.05) is 13.2 Å². The average molecular weight is 277 g/mol. The maximum atomic E-state index is 5.94. The highest BCUT2D eigenvalue weighted by Crippen LogP contribution is 2.31. The molecule has 1 aromatic carbocycles. The van der Waals surface area contributed by atoms with Crippen LogP contribution >= 0.6 is 23.2 Å². The molecule has 1 aromatic rings. The van der Waals surface area contributed by atoms with Crippen LogP contribution in [0.4, 0.5) is 11.4 Å². The summed E-state index contributed by atoms with van der Waals surface area (Å²) in [5.41, 5.74) is 6.94. The summed E-state index contributed by atoms with van der Waals surface area (Å²) in [4.78, 5) is 0. The van der Waals surface area contributed by atoms with Gasteiger partial charge in [0.05, 0.1) is 27.0 Å². The van der Waals surface area contributed by atoms with Crippen LogP contribution in [0.25, 0.3) is 0 Å². The van der Waals surface area contributed by atoms with Crippen LogP contribution in [-0.2, 0) is 4.74 Å². The number of anilines is 2. The summed E-state index contributed by atoms with van der Waals surface area (Å²) in [6, 6.07) is 3.36. The Labute approximate surface area is 112 Å². The molecule has 0 radical (unpaired) electrons. The monoisotopic (exact) mass is 276 g/mol. The van der Waals surface area contributed by atoms with Gasteiger partial charge in [-0.2, -0.15) is 0 Å². The number of hydrogen-bond acceptors (Lipinski definition) is 3. The van der Waals surface area contributed by atoms with Gasteiger partial charge in [0.1, 0.15) is 0 Å². The fourth-order valence-corrected chi connectivity index (χ4v) is 1.80. The van der Waals surface area contributed by atoms with E-state index in [4.69, 9.17) is 33.7 Å². The van der Waals surface area contributed by atoms with Gasteiger partial charge in [-0.25, -0.2) is 0 Å². The Balaban J connectivity index is 2.73. The molecule has 0 saturated heterocycles. The first kappa shape index (κ1) is 14.4. The average Bonchev–Trinajstić information content (AvgIpc) is 2.21. The Bertz CT molecular complexity index is 394. The highest BCUT2D eigenvalue weighted by molar-refractivity contribution is 6.42. The van der Waals surface area contributed by atoms with E-state index in [2.05, 4.69) is 5.32 Å². The lowest BCUT2D eigenvalue weighted by Gasteiger charge is -2.26. The molecule has 1 rings (SSSR count). The first-order valence-electron chi connectivity index (χ1n) is 5.48. The number of hydrogen-bond donors (Lipinski definition) is 2. The maximum Gasteiger partial charge on any atom is 0.0797 e. The molecule has 17 heavy (non-hydrogen) atoms. The molecule has 0 aliphatic rings. The van der Waals surface area contributed by atoms with Gasteiger partial charge >= 0.3 is 0 Å². The summed E-state index contributed by atoms with van der Waals surface area (Å²) in [6.07, 6.45) is 0. The predicted octanol–water partition coefficient (Wildman–Crippen LogP) is 3.80. The second-order valence-electron chi connectivity index (χ2n) is 4.40. The highest BCUT2D eigenvalue weighted by atomic mass is 35.5.